The number of para-hydroxylation sites is 2. The minimum absolute atomic E-state index is 0.279. The number of amides is 1. The summed E-state index contributed by atoms with van der Waals surface area (Å²) in [6.07, 6.45) is 0.640. The van der Waals surface area contributed by atoms with E-state index in [2.05, 4.69) is 15.2 Å². The normalized spacial score (nSPS) is 22.0. The number of pyridine rings is 1. The highest BCUT2D eigenvalue weighted by Crippen LogP contribution is 2.33. The summed E-state index contributed by atoms with van der Waals surface area (Å²) in [4.78, 5) is 19.1. The molecular weight excluding hydrogens is 334 g/mol. The Morgan fingerprint density at radius 2 is 1.85 bits per heavy atom. The monoisotopic (exact) mass is 355 g/mol. The van der Waals surface area contributed by atoms with Gasteiger partial charge in [0.15, 0.2) is 11.5 Å². The Bertz CT molecular complexity index is 775. The van der Waals surface area contributed by atoms with Crippen molar-refractivity contribution in [2.45, 2.75) is 19.1 Å². The summed E-state index contributed by atoms with van der Waals surface area (Å²) < 4.78 is 16.9. The molecule has 136 valence electrons. The smallest absolute Gasteiger partial charge is 0.270 e. The highest BCUT2D eigenvalue weighted by Gasteiger charge is 2.34. The second kappa shape index (κ2) is 7.21. The molecule has 0 spiro atoms. The lowest BCUT2D eigenvalue weighted by Gasteiger charge is -2.31. The van der Waals surface area contributed by atoms with Gasteiger partial charge in [0.1, 0.15) is 11.9 Å². The van der Waals surface area contributed by atoms with E-state index in [-0.39, 0.29) is 5.91 Å². The Kier molecular flexibility index (Phi) is 4.62. The number of carbonyl (C=O) groups excluding carboxylic acids is 1. The van der Waals surface area contributed by atoms with Crippen molar-refractivity contribution < 1.29 is 19.0 Å². The van der Waals surface area contributed by atoms with Crippen molar-refractivity contribution in [1.29, 1.82) is 0 Å². The second-order valence-electron chi connectivity index (χ2n) is 6.30. The molecule has 7 nitrogen and oxygen atoms in total. The fraction of sp³-hybridized carbons (Fsp3) is 0.368. The first-order valence-electron chi connectivity index (χ1n) is 8.73. The molecule has 0 aliphatic carbocycles. The van der Waals surface area contributed by atoms with Crippen LogP contribution in [0.3, 0.4) is 0 Å². The average molecular weight is 355 g/mol. The third-order valence-corrected chi connectivity index (χ3v) is 4.48. The van der Waals surface area contributed by atoms with Crippen LogP contribution in [0.1, 0.15) is 6.92 Å². The molecule has 26 heavy (non-hydrogen) atoms. The molecule has 2 aromatic rings. The van der Waals surface area contributed by atoms with Crippen molar-refractivity contribution in [3.05, 3.63) is 42.6 Å². The minimum atomic E-state index is -0.731. The van der Waals surface area contributed by atoms with Gasteiger partial charge in [-0.2, -0.15) is 0 Å². The lowest BCUT2D eigenvalue weighted by atomic mass is 10.1. The quantitative estimate of drug-likeness (QED) is 0.909. The van der Waals surface area contributed by atoms with E-state index in [1.807, 2.05) is 31.2 Å². The highest BCUT2D eigenvalue weighted by molar-refractivity contribution is 5.94. The minimum Gasteiger partial charge on any atom is -0.482 e. The molecule has 1 fully saturated rings. The second-order valence-corrected chi connectivity index (χ2v) is 6.30. The number of hydrogen-bond donors (Lipinski definition) is 1. The summed E-state index contributed by atoms with van der Waals surface area (Å²) in [7, 11) is 0. The van der Waals surface area contributed by atoms with Crippen LogP contribution in [0.25, 0.3) is 0 Å². The van der Waals surface area contributed by atoms with Gasteiger partial charge in [-0.3, -0.25) is 4.79 Å². The van der Waals surface area contributed by atoms with Gasteiger partial charge in [-0.25, -0.2) is 4.98 Å². The number of nitrogens with one attached hydrogen (secondary N) is 1. The Balaban J connectivity index is 1.41. The largest absolute Gasteiger partial charge is 0.482 e. The van der Waals surface area contributed by atoms with E-state index in [1.54, 1.807) is 18.3 Å². The molecule has 0 unspecified atom stereocenters. The first-order valence-corrected chi connectivity index (χ1v) is 8.73. The zero-order valence-electron chi connectivity index (χ0n) is 14.6. The average Bonchev–Trinajstić information content (AvgIpc) is 2.68. The first kappa shape index (κ1) is 16.7. The number of nitrogens with zero attached hydrogens (tertiary/aromatic N) is 2. The van der Waals surface area contributed by atoms with Crippen LogP contribution < -0.4 is 19.7 Å². The maximum Gasteiger partial charge on any atom is 0.270 e. The first-order chi connectivity index (χ1) is 12.7. The molecule has 2 aliphatic rings. The van der Waals surface area contributed by atoms with Crippen LogP contribution in [0, 0.1) is 0 Å². The van der Waals surface area contributed by atoms with Crippen molar-refractivity contribution in [2.24, 2.45) is 0 Å². The van der Waals surface area contributed by atoms with Crippen molar-refractivity contribution in [3.63, 3.8) is 0 Å². The fourth-order valence-electron chi connectivity index (χ4n) is 3.07. The van der Waals surface area contributed by atoms with Gasteiger partial charge < -0.3 is 24.4 Å². The van der Waals surface area contributed by atoms with Crippen molar-refractivity contribution >= 4 is 17.4 Å². The summed E-state index contributed by atoms with van der Waals surface area (Å²) >= 11 is 0. The van der Waals surface area contributed by atoms with E-state index in [0.717, 1.165) is 32.0 Å². The van der Waals surface area contributed by atoms with Crippen molar-refractivity contribution in [1.82, 2.24) is 4.98 Å². The number of hydrogen-bond acceptors (Lipinski definition) is 6. The van der Waals surface area contributed by atoms with Crippen LogP contribution in [0.2, 0.25) is 0 Å². The number of aromatic nitrogens is 1. The van der Waals surface area contributed by atoms with E-state index in [4.69, 9.17) is 14.2 Å². The van der Waals surface area contributed by atoms with Crippen LogP contribution in [0.4, 0.5) is 11.5 Å². The molecule has 0 saturated carbocycles. The number of morpholine rings is 1. The molecule has 4 rings (SSSR count). The SMILES string of the molecule is C[C@@H]1Oc2ccccc2O[C@H]1C(=O)Nc1ccc(N2CCOCC2)cn1. The molecule has 1 saturated heterocycles. The van der Waals surface area contributed by atoms with Gasteiger partial charge in [0.05, 0.1) is 25.1 Å². The Morgan fingerprint density at radius 1 is 1.12 bits per heavy atom. The van der Waals surface area contributed by atoms with Crippen LogP contribution in [0.15, 0.2) is 42.6 Å². The highest BCUT2D eigenvalue weighted by atomic mass is 16.6. The summed E-state index contributed by atoms with van der Waals surface area (Å²) in [5.74, 6) is 1.43. The molecule has 1 aromatic carbocycles. The van der Waals surface area contributed by atoms with E-state index in [9.17, 15) is 4.79 Å². The molecule has 3 heterocycles. The maximum atomic E-state index is 12.6. The molecule has 1 N–H and O–H groups in total. The zero-order valence-corrected chi connectivity index (χ0v) is 14.6. The molecule has 2 atom stereocenters. The van der Waals surface area contributed by atoms with Gasteiger partial charge in [-0.1, -0.05) is 12.1 Å². The number of benzene rings is 1. The van der Waals surface area contributed by atoms with Gasteiger partial charge in [-0.15, -0.1) is 0 Å². The number of ether oxygens (including phenoxy) is 3. The molecule has 0 radical (unpaired) electrons. The third-order valence-electron chi connectivity index (χ3n) is 4.48. The number of carbonyl (C=O) groups is 1. The standard InChI is InChI=1S/C19H21N3O4/c1-13-18(26-16-5-3-2-4-15(16)25-13)19(23)21-17-7-6-14(12-20-17)22-8-10-24-11-9-22/h2-7,12-13,18H,8-11H2,1H3,(H,20,21,23)/t13-,18+/m0/s1. The van der Waals surface area contributed by atoms with Crippen LogP contribution in [-0.4, -0.2) is 49.4 Å². The molecule has 2 aliphatic heterocycles. The van der Waals surface area contributed by atoms with E-state index < -0.39 is 12.2 Å². The third kappa shape index (κ3) is 3.43. The van der Waals surface area contributed by atoms with E-state index in [0.29, 0.717) is 17.3 Å². The van der Waals surface area contributed by atoms with Gasteiger partial charge >= 0.3 is 0 Å². The van der Waals surface area contributed by atoms with Crippen molar-refractivity contribution in [3.8, 4) is 11.5 Å². The number of rotatable bonds is 3. The summed E-state index contributed by atoms with van der Waals surface area (Å²) in [5, 5.41) is 2.80. The summed E-state index contributed by atoms with van der Waals surface area (Å²) in [5.41, 5.74) is 1.02. The number of anilines is 2. The van der Waals surface area contributed by atoms with Crippen LogP contribution >= 0.6 is 0 Å². The lowest BCUT2D eigenvalue weighted by molar-refractivity contribution is -0.128. The lowest BCUT2D eigenvalue weighted by Crippen LogP contribution is -2.46. The molecular formula is C19H21N3O4. The summed E-state index contributed by atoms with van der Waals surface area (Å²) in [6, 6.07) is 11.1. The predicted octanol–water partition coefficient (Wildman–Crippen LogP) is 2.09. The van der Waals surface area contributed by atoms with Gasteiger partial charge in [-0.05, 0) is 31.2 Å². The van der Waals surface area contributed by atoms with Crippen molar-refractivity contribution in [2.75, 3.05) is 36.5 Å². The number of fused-ring (bicyclic) bond motifs is 1. The van der Waals surface area contributed by atoms with Crippen LogP contribution in [-0.2, 0) is 9.53 Å². The molecule has 7 heteroatoms. The zero-order chi connectivity index (χ0) is 17.9. The Morgan fingerprint density at radius 3 is 2.54 bits per heavy atom. The predicted molar refractivity (Wildman–Crippen MR) is 96.8 cm³/mol. The fourth-order valence-corrected chi connectivity index (χ4v) is 3.07. The van der Waals surface area contributed by atoms with Crippen LogP contribution in [0.5, 0.6) is 11.5 Å². The maximum absolute atomic E-state index is 12.6. The summed E-state index contributed by atoms with van der Waals surface area (Å²) in [6.45, 7) is 4.94. The van der Waals surface area contributed by atoms with E-state index >= 15 is 0 Å². The Hall–Kier alpha value is -2.80. The Labute approximate surface area is 151 Å². The molecule has 0 bridgehead atoms. The van der Waals surface area contributed by atoms with E-state index in [1.165, 1.54) is 0 Å². The molecule has 1 aromatic heterocycles. The topological polar surface area (TPSA) is 72.9 Å². The molecule has 1 amide bonds. The van der Waals surface area contributed by atoms with Gasteiger partial charge in [0.2, 0.25) is 6.10 Å². The van der Waals surface area contributed by atoms with Gasteiger partial charge in [0.25, 0.3) is 5.91 Å². The van der Waals surface area contributed by atoms with Gasteiger partial charge in [0, 0.05) is 13.1 Å².